The number of fused-ring (bicyclic) bond motifs is 5. The normalized spacial score (nSPS) is 68.9. The highest BCUT2D eigenvalue weighted by molar-refractivity contribution is 5.89. The molecule has 6 atom stereocenters. The number of Topliss-reactive ketones (excluding diaryl/α,β-unsaturated/α-hetero) is 1. The van der Waals surface area contributed by atoms with Gasteiger partial charge in [-0.15, -0.1) is 0 Å². The van der Waals surface area contributed by atoms with Crippen LogP contribution in [0.3, 0.4) is 0 Å². The second-order valence-electron chi connectivity index (χ2n) is 4.98. The molecular weight excluding hydrogens is 136 g/mol. The molecule has 11 heavy (non-hydrogen) atoms. The van der Waals surface area contributed by atoms with Gasteiger partial charge in [-0.25, -0.2) is 0 Å². The highest BCUT2D eigenvalue weighted by Gasteiger charge is 2.68. The average Bonchev–Trinajstić information content (AvgIpc) is 2.81. The van der Waals surface area contributed by atoms with Crippen LogP contribution < -0.4 is 0 Å². The fourth-order valence-electron chi connectivity index (χ4n) is 3.53. The molecule has 58 valence electrons. The maximum atomic E-state index is 11.6. The van der Waals surface area contributed by atoms with Crippen molar-refractivity contribution in [3.63, 3.8) is 0 Å². The summed E-state index contributed by atoms with van der Waals surface area (Å²) in [5.41, 5.74) is 0. The molecule has 1 heteroatoms. The molecule has 0 aromatic heterocycles. The molecule has 4 aliphatic carbocycles. The first kappa shape index (κ1) is 5.34. The highest BCUT2D eigenvalue weighted by atomic mass is 16.1. The third-order valence-electron chi connectivity index (χ3n) is 4.40. The number of ketones is 1. The number of hydrogen-bond acceptors (Lipinski definition) is 1. The summed E-state index contributed by atoms with van der Waals surface area (Å²) in [6.45, 7) is 0. The van der Waals surface area contributed by atoms with Crippen molar-refractivity contribution in [2.24, 2.45) is 35.5 Å². The molecular formula is C10H12O. The Morgan fingerprint density at radius 3 is 1.91 bits per heavy atom. The van der Waals surface area contributed by atoms with Crippen molar-refractivity contribution in [1.82, 2.24) is 0 Å². The SMILES string of the molecule is O=C1[C@H]2C[C@@H]2[C@@H]2C[C@H]2[C@@H]2C[C@H]12. The Bertz CT molecular complexity index is 234. The summed E-state index contributed by atoms with van der Waals surface area (Å²) in [6.07, 6.45) is 4.02. The van der Waals surface area contributed by atoms with Crippen LogP contribution in [-0.2, 0) is 4.79 Å². The summed E-state index contributed by atoms with van der Waals surface area (Å²) < 4.78 is 0. The molecule has 0 saturated heterocycles. The van der Waals surface area contributed by atoms with E-state index in [1.165, 1.54) is 19.3 Å². The minimum Gasteiger partial charge on any atom is -0.299 e. The van der Waals surface area contributed by atoms with Gasteiger partial charge in [0, 0.05) is 11.8 Å². The molecule has 0 radical (unpaired) electrons. The van der Waals surface area contributed by atoms with E-state index < -0.39 is 0 Å². The summed E-state index contributed by atoms with van der Waals surface area (Å²) in [4.78, 5) is 11.6. The van der Waals surface area contributed by atoms with Gasteiger partial charge in [-0.3, -0.25) is 4.79 Å². The van der Waals surface area contributed by atoms with Crippen molar-refractivity contribution in [2.75, 3.05) is 0 Å². The van der Waals surface area contributed by atoms with E-state index in [-0.39, 0.29) is 0 Å². The fraction of sp³-hybridized carbons (Fsp3) is 0.900. The Morgan fingerprint density at radius 2 is 1.36 bits per heavy atom. The van der Waals surface area contributed by atoms with Crippen molar-refractivity contribution in [3.8, 4) is 0 Å². The van der Waals surface area contributed by atoms with Crippen molar-refractivity contribution in [2.45, 2.75) is 19.3 Å². The van der Waals surface area contributed by atoms with E-state index in [0.717, 1.165) is 23.7 Å². The van der Waals surface area contributed by atoms with E-state index in [4.69, 9.17) is 0 Å². The van der Waals surface area contributed by atoms with Crippen LogP contribution in [0.2, 0.25) is 0 Å². The van der Waals surface area contributed by atoms with Gasteiger partial charge < -0.3 is 0 Å². The third-order valence-corrected chi connectivity index (χ3v) is 4.40. The minimum atomic E-state index is 0.558. The summed E-state index contributed by atoms with van der Waals surface area (Å²) in [5, 5.41) is 0. The molecule has 0 amide bonds. The van der Waals surface area contributed by atoms with Gasteiger partial charge >= 0.3 is 0 Å². The van der Waals surface area contributed by atoms with E-state index in [2.05, 4.69) is 0 Å². The van der Waals surface area contributed by atoms with E-state index in [9.17, 15) is 4.79 Å². The van der Waals surface area contributed by atoms with Gasteiger partial charge in [0.05, 0.1) is 0 Å². The largest absolute Gasteiger partial charge is 0.299 e. The van der Waals surface area contributed by atoms with Crippen LogP contribution in [0.1, 0.15) is 19.3 Å². The first-order valence-corrected chi connectivity index (χ1v) is 4.90. The quantitative estimate of drug-likeness (QED) is 0.508. The Morgan fingerprint density at radius 1 is 0.818 bits per heavy atom. The smallest absolute Gasteiger partial charge is 0.139 e. The third kappa shape index (κ3) is 0.502. The van der Waals surface area contributed by atoms with Crippen LogP contribution >= 0.6 is 0 Å². The van der Waals surface area contributed by atoms with Gasteiger partial charge in [0.2, 0.25) is 0 Å². The van der Waals surface area contributed by atoms with Crippen molar-refractivity contribution in [1.29, 1.82) is 0 Å². The molecule has 4 aliphatic rings. The predicted octanol–water partition coefficient (Wildman–Crippen LogP) is 1.48. The molecule has 4 saturated carbocycles. The maximum Gasteiger partial charge on any atom is 0.139 e. The minimum absolute atomic E-state index is 0.558. The lowest BCUT2D eigenvalue weighted by molar-refractivity contribution is -0.121. The summed E-state index contributed by atoms with van der Waals surface area (Å²) in [7, 11) is 0. The molecule has 0 spiro atoms. The predicted molar refractivity (Wildman–Crippen MR) is 39.8 cm³/mol. The van der Waals surface area contributed by atoms with E-state index >= 15 is 0 Å². The molecule has 4 rings (SSSR count). The molecule has 1 nitrogen and oxygen atoms in total. The Labute approximate surface area is 66.2 Å². The fourth-order valence-corrected chi connectivity index (χ4v) is 3.53. The second kappa shape index (κ2) is 1.30. The van der Waals surface area contributed by atoms with Gasteiger partial charge in [0.15, 0.2) is 0 Å². The molecule has 0 heterocycles. The lowest BCUT2D eigenvalue weighted by Crippen LogP contribution is -2.05. The summed E-state index contributed by atoms with van der Waals surface area (Å²) >= 11 is 0. The lowest BCUT2D eigenvalue weighted by atomic mass is 10.1. The lowest BCUT2D eigenvalue weighted by Gasteiger charge is -1.92. The molecule has 4 fully saturated rings. The van der Waals surface area contributed by atoms with Gasteiger partial charge in [-0.1, -0.05) is 0 Å². The first-order chi connectivity index (χ1) is 5.36. The standard InChI is InChI=1S/C10H12O/c11-10-8-2-6(8)4-1-5(4)7-3-9(7)10/h4-9H,1-3H2/t4-,5-,6-,7+,8+,9+/m1/s1. The molecule has 0 unspecified atom stereocenters. The number of carbonyl (C=O) groups is 1. The van der Waals surface area contributed by atoms with E-state index in [1.807, 2.05) is 0 Å². The van der Waals surface area contributed by atoms with Crippen LogP contribution in [-0.4, -0.2) is 5.78 Å². The average molecular weight is 148 g/mol. The van der Waals surface area contributed by atoms with Crippen LogP contribution in [0.5, 0.6) is 0 Å². The van der Waals surface area contributed by atoms with Crippen LogP contribution in [0.4, 0.5) is 0 Å². The molecule has 0 aromatic carbocycles. The summed E-state index contributed by atoms with van der Waals surface area (Å²) in [5.74, 6) is 5.56. The topological polar surface area (TPSA) is 17.1 Å². The monoisotopic (exact) mass is 148 g/mol. The van der Waals surface area contributed by atoms with Gasteiger partial charge in [0.1, 0.15) is 5.78 Å². The molecule has 0 bridgehead atoms. The maximum absolute atomic E-state index is 11.6. The summed E-state index contributed by atoms with van der Waals surface area (Å²) in [6, 6.07) is 0. The molecule has 0 N–H and O–H groups in total. The Hall–Kier alpha value is -0.330. The zero-order valence-electron chi connectivity index (χ0n) is 6.49. The van der Waals surface area contributed by atoms with Crippen LogP contribution in [0, 0.1) is 35.5 Å². The highest BCUT2D eigenvalue weighted by Crippen LogP contribution is 2.71. The molecule has 0 aliphatic heterocycles. The zero-order valence-corrected chi connectivity index (χ0v) is 6.49. The first-order valence-electron chi connectivity index (χ1n) is 4.90. The van der Waals surface area contributed by atoms with E-state index in [1.54, 1.807) is 0 Å². The number of rotatable bonds is 0. The van der Waals surface area contributed by atoms with Crippen LogP contribution in [0.25, 0.3) is 0 Å². The number of carbonyl (C=O) groups excluding carboxylic acids is 1. The Kier molecular flexibility index (Phi) is 0.630. The van der Waals surface area contributed by atoms with Crippen LogP contribution in [0.15, 0.2) is 0 Å². The van der Waals surface area contributed by atoms with Gasteiger partial charge in [-0.2, -0.15) is 0 Å². The molecule has 0 aromatic rings. The second-order valence-corrected chi connectivity index (χ2v) is 4.98. The number of hydrogen-bond donors (Lipinski definition) is 0. The van der Waals surface area contributed by atoms with Crippen molar-refractivity contribution < 1.29 is 4.79 Å². The van der Waals surface area contributed by atoms with Gasteiger partial charge in [0.25, 0.3) is 0 Å². The zero-order chi connectivity index (χ0) is 7.16. The van der Waals surface area contributed by atoms with E-state index in [0.29, 0.717) is 17.6 Å². The van der Waals surface area contributed by atoms with Gasteiger partial charge in [-0.05, 0) is 42.9 Å². The van der Waals surface area contributed by atoms with Crippen molar-refractivity contribution >= 4 is 5.78 Å². The van der Waals surface area contributed by atoms with Crippen molar-refractivity contribution in [3.05, 3.63) is 0 Å². The Balaban J connectivity index is 1.77.